The number of amides is 1. The van der Waals surface area contributed by atoms with Gasteiger partial charge in [-0.05, 0) is 57.0 Å². The van der Waals surface area contributed by atoms with Gasteiger partial charge in [0.15, 0.2) is 5.12 Å². The highest BCUT2D eigenvalue weighted by atomic mass is 32.2. The van der Waals surface area contributed by atoms with Crippen molar-refractivity contribution in [1.29, 1.82) is 0 Å². The summed E-state index contributed by atoms with van der Waals surface area (Å²) in [6.07, 6.45) is 3.75. The molecule has 0 saturated heterocycles. The number of ether oxygens (including phenoxy) is 2. The molecule has 176 valence electrons. The summed E-state index contributed by atoms with van der Waals surface area (Å²) in [7, 11) is 0. The molecule has 2 aromatic rings. The van der Waals surface area contributed by atoms with Gasteiger partial charge in [0.25, 0.3) is 0 Å². The number of nitrogens with zero attached hydrogens (tertiary/aromatic N) is 1. The monoisotopic (exact) mass is 472 g/mol. The molecule has 1 aromatic heterocycles. The minimum atomic E-state index is -0.705. The van der Waals surface area contributed by atoms with Crippen LogP contribution in [0.5, 0.6) is 0 Å². The number of hydrogen-bond acceptors (Lipinski definition) is 8. The molecule has 1 atom stereocenters. The zero-order chi connectivity index (χ0) is 24.4. The Morgan fingerprint density at radius 1 is 1.09 bits per heavy atom. The van der Waals surface area contributed by atoms with Gasteiger partial charge in [-0.15, -0.1) is 0 Å². The Kier molecular flexibility index (Phi) is 9.59. The molecule has 0 bridgehead atoms. The van der Waals surface area contributed by atoms with E-state index in [0.29, 0.717) is 17.9 Å². The van der Waals surface area contributed by atoms with Crippen LogP contribution in [0.25, 0.3) is 0 Å². The summed E-state index contributed by atoms with van der Waals surface area (Å²) in [5.74, 6) is -1.62. The summed E-state index contributed by atoms with van der Waals surface area (Å²) in [5, 5.41) is 2.73. The van der Waals surface area contributed by atoms with Crippen LogP contribution in [-0.4, -0.2) is 40.5 Å². The minimum absolute atomic E-state index is 0.0732. The van der Waals surface area contributed by atoms with Gasteiger partial charge in [-0.1, -0.05) is 23.9 Å². The molecule has 8 nitrogen and oxygen atoms in total. The van der Waals surface area contributed by atoms with Crippen molar-refractivity contribution in [3.63, 3.8) is 0 Å². The second-order valence-corrected chi connectivity index (χ2v) is 9.56. The summed E-state index contributed by atoms with van der Waals surface area (Å²) >= 11 is 1.08. The molecule has 33 heavy (non-hydrogen) atoms. The molecule has 0 saturated carbocycles. The van der Waals surface area contributed by atoms with E-state index in [-0.39, 0.29) is 16.6 Å². The third kappa shape index (κ3) is 9.05. The quantitative estimate of drug-likeness (QED) is 0.433. The molecular weight excluding hydrogens is 444 g/mol. The largest absolute Gasteiger partial charge is 0.427 e. The van der Waals surface area contributed by atoms with Gasteiger partial charge in [0.1, 0.15) is 0 Å². The van der Waals surface area contributed by atoms with Crippen molar-refractivity contribution in [2.75, 3.05) is 17.9 Å². The van der Waals surface area contributed by atoms with Gasteiger partial charge in [-0.2, -0.15) is 0 Å². The zero-order valence-corrected chi connectivity index (χ0v) is 19.9. The fourth-order valence-corrected chi connectivity index (χ4v) is 3.36. The third-order valence-electron chi connectivity index (χ3n) is 4.42. The van der Waals surface area contributed by atoms with E-state index in [0.717, 1.165) is 17.3 Å². The van der Waals surface area contributed by atoms with E-state index >= 15 is 0 Å². The summed E-state index contributed by atoms with van der Waals surface area (Å²) in [5.41, 5.74) is 0.777. The molecule has 1 amide bonds. The lowest BCUT2D eigenvalue weighted by Crippen LogP contribution is -2.27. The van der Waals surface area contributed by atoms with Crippen molar-refractivity contribution in [3.05, 3.63) is 59.9 Å². The number of thioether (sulfide) groups is 1. The average molecular weight is 473 g/mol. The number of carbonyl (C=O) groups is 4. The number of rotatable bonds is 9. The van der Waals surface area contributed by atoms with Crippen LogP contribution in [0.2, 0.25) is 0 Å². The van der Waals surface area contributed by atoms with E-state index in [2.05, 4.69) is 10.3 Å². The maximum Gasteiger partial charge on any atom is 0.341 e. The number of esters is 2. The molecule has 1 heterocycles. The predicted octanol–water partition coefficient (Wildman–Crippen LogP) is 3.86. The topological polar surface area (TPSA) is 112 Å². The molecule has 0 aliphatic rings. The predicted molar refractivity (Wildman–Crippen MR) is 125 cm³/mol. The Hall–Kier alpha value is -3.20. The van der Waals surface area contributed by atoms with Gasteiger partial charge in [-0.25, -0.2) is 4.79 Å². The standard InChI is InChI=1S/C24H28N2O6S/c1-16(27)33-14-19(11-17-7-6-10-25-13-17)21(28)26-20-9-5-8-18(12-20)22(29)31-15-32-23(30)24(2,3)4/h5-10,12-13,19H,11,14-15H2,1-4H3,(H,26,28). The van der Waals surface area contributed by atoms with Crippen LogP contribution in [0.1, 0.15) is 43.6 Å². The number of anilines is 1. The molecule has 1 unspecified atom stereocenters. The highest BCUT2D eigenvalue weighted by Crippen LogP contribution is 2.19. The van der Waals surface area contributed by atoms with Gasteiger partial charge in [0, 0.05) is 30.8 Å². The van der Waals surface area contributed by atoms with E-state index in [1.807, 2.05) is 6.07 Å². The van der Waals surface area contributed by atoms with Crippen LogP contribution < -0.4 is 5.32 Å². The normalized spacial score (nSPS) is 11.9. The summed E-state index contributed by atoms with van der Waals surface area (Å²) in [6.45, 7) is 6.04. The van der Waals surface area contributed by atoms with Gasteiger partial charge >= 0.3 is 11.9 Å². The lowest BCUT2D eigenvalue weighted by atomic mass is 9.98. The van der Waals surface area contributed by atoms with Crippen molar-refractivity contribution < 1.29 is 28.7 Å². The number of carbonyl (C=O) groups excluding carboxylic acids is 4. The number of hydrogen-bond donors (Lipinski definition) is 1. The minimum Gasteiger partial charge on any atom is -0.427 e. The Morgan fingerprint density at radius 2 is 1.85 bits per heavy atom. The zero-order valence-electron chi connectivity index (χ0n) is 19.1. The third-order valence-corrected chi connectivity index (χ3v) is 5.40. The van der Waals surface area contributed by atoms with E-state index < -0.39 is 30.1 Å². The van der Waals surface area contributed by atoms with Crippen molar-refractivity contribution in [1.82, 2.24) is 4.98 Å². The van der Waals surface area contributed by atoms with Gasteiger partial charge in [-0.3, -0.25) is 19.4 Å². The first-order valence-electron chi connectivity index (χ1n) is 10.3. The Morgan fingerprint density at radius 3 is 2.48 bits per heavy atom. The number of aromatic nitrogens is 1. The number of benzene rings is 1. The molecule has 0 radical (unpaired) electrons. The lowest BCUT2D eigenvalue weighted by Gasteiger charge is -2.17. The molecule has 1 aromatic carbocycles. The number of pyridine rings is 1. The van der Waals surface area contributed by atoms with Crippen LogP contribution in [0.4, 0.5) is 5.69 Å². The Bertz CT molecular complexity index is 988. The SMILES string of the molecule is CC(=O)SCC(Cc1cccnc1)C(=O)Nc1cccc(C(=O)OCOC(=O)C(C)(C)C)c1. The molecule has 9 heteroatoms. The van der Waals surface area contributed by atoms with Crippen molar-refractivity contribution in [3.8, 4) is 0 Å². The highest BCUT2D eigenvalue weighted by molar-refractivity contribution is 8.13. The van der Waals surface area contributed by atoms with Crippen molar-refractivity contribution in [2.24, 2.45) is 11.3 Å². The molecule has 0 spiro atoms. The van der Waals surface area contributed by atoms with E-state index in [1.54, 1.807) is 51.4 Å². The van der Waals surface area contributed by atoms with E-state index in [1.165, 1.54) is 19.1 Å². The first kappa shape index (κ1) is 26.1. The first-order chi connectivity index (χ1) is 15.6. The van der Waals surface area contributed by atoms with Crippen molar-refractivity contribution in [2.45, 2.75) is 34.1 Å². The molecular formula is C24H28N2O6S. The second kappa shape index (κ2) is 12.2. The summed E-state index contributed by atoms with van der Waals surface area (Å²) in [4.78, 5) is 52.5. The maximum atomic E-state index is 12.9. The lowest BCUT2D eigenvalue weighted by molar-refractivity contribution is -0.161. The molecule has 0 aliphatic carbocycles. The average Bonchev–Trinajstić information content (AvgIpc) is 2.76. The Labute approximate surface area is 197 Å². The molecule has 0 fully saturated rings. The smallest absolute Gasteiger partial charge is 0.341 e. The summed E-state index contributed by atoms with van der Waals surface area (Å²) in [6, 6.07) is 9.92. The highest BCUT2D eigenvalue weighted by Gasteiger charge is 2.24. The fraction of sp³-hybridized carbons (Fsp3) is 0.375. The first-order valence-corrected chi connectivity index (χ1v) is 11.3. The van der Waals surface area contributed by atoms with Crippen molar-refractivity contribution >= 4 is 40.4 Å². The number of nitrogens with one attached hydrogen (secondary N) is 1. The van der Waals surface area contributed by atoms with Gasteiger partial charge in [0.2, 0.25) is 12.7 Å². The van der Waals surface area contributed by atoms with Crippen LogP contribution in [0, 0.1) is 11.3 Å². The molecule has 1 N–H and O–H groups in total. The van der Waals surface area contributed by atoms with Gasteiger partial charge < -0.3 is 14.8 Å². The Balaban J connectivity index is 2.01. The van der Waals surface area contributed by atoms with Gasteiger partial charge in [0.05, 0.1) is 16.9 Å². The molecule has 0 aliphatic heterocycles. The molecule has 2 rings (SSSR count). The van der Waals surface area contributed by atoms with Crippen LogP contribution >= 0.6 is 11.8 Å². The van der Waals surface area contributed by atoms with E-state index in [4.69, 9.17) is 9.47 Å². The fourth-order valence-electron chi connectivity index (χ4n) is 2.65. The van der Waals surface area contributed by atoms with E-state index in [9.17, 15) is 19.2 Å². The van der Waals surface area contributed by atoms with Crippen LogP contribution in [0.3, 0.4) is 0 Å². The van der Waals surface area contributed by atoms with Crippen LogP contribution in [0.15, 0.2) is 48.8 Å². The second-order valence-electron chi connectivity index (χ2n) is 8.37. The summed E-state index contributed by atoms with van der Waals surface area (Å²) < 4.78 is 9.94. The maximum absolute atomic E-state index is 12.9. The van der Waals surface area contributed by atoms with Crippen LogP contribution in [-0.2, 0) is 30.3 Å².